The zero-order valence-electron chi connectivity index (χ0n) is 9.26. The van der Waals surface area contributed by atoms with E-state index >= 15 is 0 Å². The van der Waals surface area contributed by atoms with Gasteiger partial charge >= 0.3 is 5.97 Å². The Bertz CT molecular complexity index is 310. The van der Waals surface area contributed by atoms with E-state index in [0.29, 0.717) is 12.2 Å². The Labute approximate surface area is 94.8 Å². The zero-order chi connectivity index (χ0) is 11.8. The summed E-state index contributed by atoms with van der Waals surface area (Å²) in [4.78, 5) is 11.6. The number of ether oxygens (including phenoxy) is 2. The van der Waals surface area contributed by atoms with Gasteiger partial charge in [-0.2, -0.15) is 0 Å². The van der Waals surface area contributed by atoms with Crippen LogP contribution in [0.25, 0.3) is 0 Å². The molecule has 0 aliphatic rings. The van der Waals surface area contributed by atoms with Crippen LogP contribution in [0, 0.1) is 0 Å². The Morgan fingerprint density at radius 2 is 2.06 bits per heavy atom. The third kappa shape index (κ3) is 4.00. The van der Waals surface area contributed by atoms with Gasteiger partial charge < -0.3 is 14.6 Å². The van der Waals surface area contributed by atoms with Crippen LogP contribution in [0.2, 0.25) is 0 Å². The van der Waals surface area contributed by atoms with Crippen molar-refractivity contribution < 1.29 is 19.4 Å². The predicted molar refractivity (Wildman–Crippen MR) is 59.2 cm³/mol. The summed E-state index contributed by atoms with van der Waals surface area (Å²) in [7, 11) is 0. The Balaban J connectivity index is 2.49. The predicted octanol–water partition coefficient (Wildman–Crippen LogP) is 1.24. The number of carbonyl (C=O) groups is 1. The number of hydrogen-bond donors (Lipinski definition) is 1. The van der Waals surface area contributed by atoms with Gasteiger partial charge in [-0.15, -0.1) is 0 Å². The van der Waals surface area contributed by atoms with E-state index in [4.69, 9.17) is 14.6 Å². The molecule has 0 spiro atoms. The van der Waals surface area contributed by atoms with Crippen LogP contribution in [-0.4, -0.2) is 37.0 Å². The van der Waals surface area contributed by atoms with Gasteiger partial charge in [0.15, 0.2) is 0 Å². The summed E-state index contributed by atoms with van der Waals surface area (Å²) >= 11 is 0. The van der Waals surface area contributed by atoms with E-state index in [1.165, 1.54) is 0 Å². The molecule has 0 aromatic heterocycles. The van der Waals surface area contributed by atoms with Gasteiger partial charge in [-0.3, -0.25) is 0 Å². The van der Waals surface area contributed by atoms with Gasteiger partial charge in [-0.05, 0) is 19.1 Å². The molecule has 0 heterocycles. The van der Waals surface area contributed by atoms with Gasteiger partial charge in [-0.25, -0.2) is 4.79 Å². The Morgan fingerprint density at radius 3 is 2.62 bits per heavy atom. The smallest absolute Gasteiger partial charge is 0.338 e. The van der Waals surface area contributed by atoms with Gasteiger partial charge in [0.1, 0.15) is 6.10 Å². The molecule has 0 saturated heterocycles. The Hall–Kier alpha value is -1.39. The first-order valence-corrected chi connectivity index (χ1v) is 5.22. The molecule has 1 atom stereocenters. The van der Waals surface area contributed by atoms with E-state index in [1.54, 1.807) is 24.3 Å². The molecule has 1 N–H and O–H groups in total. The summed E-state index contributed by atoms with van der Waals surface area (Å²) < 4.78 is 10.2. The first kappa shape index (κ1) is 12.7. The fourth-order valence-electron chi connectivity index (χ4n) is 1.17. The molecule has 1 rings (SSSR count). The van der Waals surface area contributed by atoms with Gasteiger partial charge in [0.05, 0.1) is 18.8 Å². The first-order valence-electron chi connectivity index (χ1n) is 5.22. The van der Waals surface area contributed by atoms with Crippen molar-refractivity contribution in [3.05, 3.63) is 35.9 Å². The van der Waals surface area contributed by atoms with Crippen LogP contribution in [0.1, 0.15) is 17.3 Å². The van der Waals surface area contributed by atoms with Crippen molar-refractivity contribution in [2.24, 2.45) is 0 Å². The minimum absolute atomic E-state index is 0.214. The molecule has 0 aliphatic heterocycles. The fourth-order valence-corrected chi connectivity index (χ4v) is 1.17. The molecular weight excluding hydrogens is 208 g/mol. The summed E-state index contributed by atoms with van der Waals surface area (Å²) in [5.41, 5.74) is 0.470. The number of hydrogen-bond acceptors (Lipinski definition) is 4. The van der Waals surface area contributed by atoms with E-state index in [0.717, 1.165) is 0 Å². The molecule has 1 unspecified atom stereocenters. The summed E-state index contributed by atoms with van der Waals surface area (Å²) in [6.07, 6.45) is -0.604. The van der Waals surface area contributed by atoms with Crippen LogP contribution in [-0.2, 0) is 9.47 Å². The van der Waals surface area contributed by atoms with Gasteiger partial charge in [-0.1, -0.05) is 18.2 Å². The third-order valence-electron chi connectivity index (χ3n) is 1.99. The minimum atomic E-state index is -0.604. The van der Waals surface area contributed by atoms with E-state index in [9.17, 15) is 4.79 Å². The monoisotopic (exact) mass is 224 g/mol. The van der Waals surface area contributed by atoms with Crippen molar-refractivity contribution in [2.45, 2.75) is 13.0 Å². The van der Waals surface area contributed by atoms with E-state index in [-0.39, 0.29) is 13.2 Å². The molecule has 0 saturated carbocycles. The lowest BCUT2D eigenvalue weighted by Crippen LogP contribution is -2.27. The first-order chi connectivity index (χ1) is 7.77. The summed E-state index contributed by atoms with van der Waals surface area (Å²) in [6.45, 7) is 2.34. The van der Waals surface area contributed by atoms with Crippen LogP contribution in [0.4, 0.5) is 0 Å². The van der Waals surface area contributed by atoms with E-state index < -0.39 is 12.1 Å². The Morgan fingerprint density at radius 1 is 1.38 bits per heavy atom. The number of aliphatic hydroxyl groups is 1. The third-order valence-corrected chi connectivity index (χ3v) is 1.99. The topological polar surface area (TPSA) is 55.8 Å². The minimum Gasteiger partial charge on any atom is -0.454 e. The van der Waals surface area contributed by atoms with Crippen LogP contribution in [0.3, 0.4) is 0 Å². The molecule has 16 heavy (non-hydrogen) atoms. The number of benzene rings is 1. The molecular formula is C12H16O4. The van der Waals surface area contributed by atoms with Gasteiger partial charge in [0, 0.05) is 6.61 Å². The second-order valence-corrected chi connectivity index (χ2v) is 3.24. The number of carbonyl (C=O) groups excluding carboxylic acids is 1. The molecule has 1 aromatic rings. The van der Waals surface area contributed by atoms with Crippen LogP contribution in [0.5, 0.6) is 0 Å². The maximum atomic E-state index is 11.6. The van der Waals surface area contributed by atoms with Crippen molar-refractivity contribution in [3.63, 3.8) is 0 Å². The van der Waals surface area contributed by atoms with Gasteiger partial charge in [0.25, 0.3) is 0 Å². The lowest BCUT2D eigenvalue weighted by Gasteiger charge is -2.15. The fraction of sp³-hybridized carbons (Fsp3) is 0.417. The largest absolute Gasteiger partial charge is 0.454 e. The lowest BCUT2D eigenvalue weighted by molar-refractivity contribution is -0.0217. The van der Waals surface area contributed by atoms with Crippen molar-refractivity contribution in [1.29, 1.82) is 0 Å². The van der Waals surface area contributed by atoms with Crippen molar-refractivity contribution in [1.82, 2.24) is 0 Å². The molecule has 0 bridgehead atoms. The van der Waals surface area contributed by atoms with Crippen LogP contribution in [0.15, 0.2) is 30.3 Å². The van der Waals surface area contributed by atoms with E-state index in [1.807, 2.05) is 13.0 Å². The molecule has 88 valence electrons. The quantitative estimate of drug-likeness (QED) is 0.739. The highest BCUT2D eigenvalue weighted by atomic mass is 16.6. The van der Waals surface area contributed by atoms with Crippen LogP contribution >= 0.6 is 0 Å². The molecule has 0 fully saturated rings. The van der Waals surface area contributed by atoms with Crippen molar-refractivity contribution >= 4 is 5.97 Å². The average Bonchev–Trinajstić information content (AvgIpc) is 2.35. The molecule has 4 nitrogen and oxygen atoms in total. The van der Waals surface area contributed by atoms with Crippen molar-refractivity contribution in [2.75, 3.05) is 19.8 Å². The highest BCUT2D eigenvalue weighted by Gasteiger charge is 2.14. The van der Waals surface area contributed by atoms with Crippen molar-refractivity contribution in [3.8, 4) is 0 Å². The summed E-state index contributed by atoms with van der Waals surface area (Å²) in [6, 6.07) is 8.66. The van der Waals surface area contributed by atoms with Gasteiger partial charge in [0.2, 0.25) is 0 Å². The highest BCUT2D eigenvalue weighted by molar-refractivity contribution is 5.89. The summed E-state index contributed by atoms with van der Waals surface area (Å²) in [5, 5.41) is 8.99. The average molecular weight is 224 g/mol. The molecule has 0 radical (unpaired) electrons. The molecule has 0 amide bonds. The number of esters is 1. The number of rotatable bonds is 6. The maximum Gasteiger partial charge on any atom is 0.338 e. The standard InChI is InChI=1S/C12H16O4/c1-2-15-9-11(8-13)16-12(14)10-6-4-3-5-7-10/h3-7,11,13H,2,8-9H2,1H3. The van der Waals surface area contributed by atoms with E-state index in [2.05, 4.69) is 0 Å². The lowest BCUT2D eigenvalue weighted by atomic mass is 10.2. The molecule has 4 heteroatoms. The molecule has 1 aromatic carbocycles. The second kappa shape index (κ2) is 6.98. The number of aliphatic hydroxyl groups excluding tert-OH is 1. The SMILES string of the molecule is CCOCC(CO)OC(=O)c1ccccc1. The maximum absolute atomic E-state index is 11.6. The summed E-state index contributed by atoms with van der Waals surface area (Å²) in [5.74, 6) is -0.445. The molecule has 0 aliphatic carbocycles. The second-order valence-electron chi connectivity index (χ2n) is 3.24. The highest BCUT2D eigenvalue weighted by Crippen LogP contribution is 2.04. The zero-order valence-corrected chi connectivity index (χ0v) is 9.26. The normalized spacial score (nSPS) is 12.1. The Kier molecular flexibility index (Phi) is 5.53. The van der Waals surface area contributed by atoms with Crippen LogP contribution < -0.4 is 0 Å².